The summed E-state index contributed by atoms with van der Waals surface area (Å²) in [7, 11) is 0. The van der Waals surface area contributed by atoms with Gasteiger partial charge in [-0.25, -0.2) is 9.48 Å². The number of hydrogen-bond donors (Lipinski definition) is 1. The van der Waals surface area contributed by atoms with E-state index in [-0.39, 0.29) is 19.1 Å². The summed E-state index contributed by atoms with van der Waals surface area (Å²) in [6.07, 6.45) is 1.42. The van der Waals surface area contributed by atoms with Crippen LogP contribution >= 0.6 is 11.6 Å². The molecule has 1 aliphatic heterocycles. The molecule has 33 heavy (non-hydrogen) atoms. The van der Waals surface area contributed by atoms with E-state index in [0.29, 0.717) is 27.9 Å². The topological polar surface area (TPSA) is 89.3 Å². The van der Waals surface area contributed by atoms with Gasteiger partial charge in [-0.15, -0.1) is 0 Å². The Kier molecular flexibility index (Phi) is 6.46. The summed E-state index contributed by atoms with van der Waals surface area (Å²) in [5.74, 6) is -0.274. The highest BCUT2D eigenvalue weighted by molar-refractivity contribution is 6.31. The average molecular weight is 466 g/mol. The van der Waals surface area contributed by atoms with Gasteiger partial charge in [0.05, 0.1) is 12.2 Å². The maximum atomic E-state index is 13.0. The predicted octanol–water partition coefficient (Wildman–Crippen LogP) is 4.13. The molecular weight excluding hydrogens is 442 g/mol. The van der Waals surface area contributed by atoms with E-state index in [0.717, 1.165) is 11.1 Å². The molecule has 4 rings (SSSR count). The molecule has 0 spiro atoms. The number of hydrogen-bond acceptors (Lipinski definition) is 6. The fourth-order valence-corrected chi connectivity index (χ4v) is 4.09. The quantitative estimate of drug-likeness (QED) is 0.551. The highest BCUT2D eigenvalue weighted by Gasteiger charge is 2.38. The van der Waals surface area contributed by atoms with Gasteiger partial charge in [-0.05, 0) is 44.0 Å². The van der Waals surface area contributed by atoms with E-state index in [1.54, 1.807) is 41.6 Å². The van der Waals surface area contributed by atoms with Crippen molar-refractivity contribution in [2.75, 3.05) is 23.4 Å². The lowest BCUT2D eigenvalue weighted by atomic mass is 9.95. The van der Waals surface area contributed by atoms with Gasteiger partial charge in [-0.2, -0.15) is 10.1 Å². The molecule has 0 aliphatic carbocycles. The molecule has 9 heteroatoms. The van der Waals surface area contributed by atoms with E-state index < -0.39 is 12.0 Å². The molecule has 2 aromatic carbocycles. The van der Waals surface area contributed by atoms with Crippen molar-refractivity contribution < 1.29 is 14.3 Å². The van der Waals surface area contributed by atoms with Crippen LogP contribution in [0.25, 0.3) is 0 Å². The van der Waals surface area contributed by atoms with E-state index in [1.165, 1.54) is 6.33 Å². The zero-order valence-corrected chi connectivity index (χ0v) is 19.3. The molecule has 0 saturated heterocycles. The number of fused-ring (bicyclic) bond motifs is 1. The lowest BCUT2D eigenvalue weighted by molar-refractivity contribution is -0.139. The molecule has 1 amide bonds. The van der Waals surface area contributed by atoms with Crippen LogP contribution in [0.2, 0.25) is 5.02 Å². The van der Waals surface area contributed by atoms with Crippen LogP contribution in [0.15, 0.2) is 66.1 Å². The number of amides is 1. The summed E-state index contributed by atoms with van der Waals surface area (Å²) >= 11 is 6.18. The third-order valence-electron chi connectivity index (χ3n) is 5.56. The molecule has 0 saturated carbocycles. The van der Waals surface area contributed by atoms with Gasteiger partial charge in [0.15, 0.2) is 0 Å². The monoisotopic (exact) mass is 465 g/mol. The Bertz CT molecular complexity index is 1220. The largest absolute Gasteiger partial charge is 0.463 e. The minimum absolute atomic E-state index is 0.0686. The molecule has 3 aromatic rings. The van der Waals surface area contributed by atoms with Gasteiger partial charge < -0.3 is 15.0 Å². The molecule has 1 aliphatic rings. The molecule has 1 atom stereocenters. The Morgan fingerprint density at radius 2 is 1.88 bits per heavy atom. The van der Waals surface area contributed by atoms with Gasteiger partial charge >= 0.3 is 5.97 Å². The SMILES string of the molecule is CCOC(=O)C1=C(C)N(CC(=O)Nc2cccc(Cl)c2C)c2ncnn2[C@H]1c1ccccc1. The minimum Gasteiger partial charge on any atom is -0.463 e. The number of halogens is 1. The van der Waals surface area contributed by atoms with Crippen LogP contribution in [-0.4, -0.2) is 39.8 Å². The third kappa shape index (κ3) is 4.34. The molecule has 1 N–H and O–H groups in total. The maximum Gasteiger partial charge on any atom is 0.338 e. The van der Waals surface area contributed by atoms with Crippen LogP contribution in [0.3, 0.4) is 0 Å². The van der Waals surface area contributed by atoms with Crippen molar-refractivity contribution in [3.63, 3.8) is 0 Å². The first-order chi connectivity index (χ1) is 15.9. The normalized spacial score (nSPS) is 15.3. The second kappa shape index (κ2) is 9.46. The number of anilines is 2. The van der Waals surface area contributed by atoms with Gasteiger partial charge in [0, 0.05) is 16.4 Å². The number of aromatic nitrogens is 3. The van der Waals surface area contributed by atoms with Gasteiger partial charge in [0.2, 0.25) is 11.9 Å². The summed E-state index contributed by atoms with van der Waals surface area (Å²) in [6.45, 7) is 5.55. The van der Waals surface area contributed by atoms with Gasteiger partial charge in [-0.1, -0.05) is 48.0 Å². The zero-order valence-electron chi connectivity index (χ0n) is 18.6. The van der Waals surface area contributed by atoms with E-state index in [1.807, 2.05) is 37.3 Å². The molecular formula is C24H24ClN5O3. The fraction of sp³-hybridized carbons (Fsp3) is 0.250. The van der Waals surface area contributed by atoms with Crippen molar-refractivity contribution >= 4 is 35.1 Å². The highest BCUT2D eigenvalue weighted by atomic mass is 35.5. The van der Waals surface area contributed by atoms with Crippen LogP contribution in [-0.2, 0) is 14.3 Å². The first-order valence-electron chi connectivity index (χ1n) is 10.6. The Morgan fingerprint density at radius 3 is 2.61 bits per heavy atom. The van der Waals surface area contributed by atoms with Crippen molar-refractivity contribution in [3.05, 3.63) is 82.3 Å². The lowest BCUT2D eigenvalue weighted by Gasteiger charge is -2.35. The predicted molar refractivity (Wildman–Crippen MR) is 126 cm³/mol. The molecule has 2 heterocycles. The first kappa shape index (κ1) is 22.5. The van der Waals surface area contributed by atoms with Crippen molar-refractivity contribution in [2.24, 2.45) is 0 Å². The van der Waals surface area contributed by atoms with Crippen molar-refractivity contribution in [2.45, 2.75) is 26.8 Å². The molecule has 8 nitrogen and oxygen atoms in total. The second-order valence-corrected chi connectivity index (χ2v) is 7.99. The van der Waals surface area contributed by atoms with Crippen LogP contribution < -0.4 is 10.2 Å². The van der Waals surface area contributed by atoms with E-state index in [4.69, 9.17) is 16.3 Å². The van der Waals surface area contributed by atoms with Crippen LogP contribution in [0.1, 0.15) is 31.0 Å². The fourth-order valence-electron chi connectivity index (χ4n) is 3.91. The number of carbonyl (C=O) groups excluding carboxylic acids is 2. The number of rotatable bonds is 6. The van der Waals surface area contributed by atoms with Crippen LogP contribution in [0.4, 0.5) is 11.6 Å². The smallest absolute Gasteiger partial charge is 0.338 e. The zero-order chi connectivity index (χ0) is 23.5. The molecule has 170 valence electrons. The Morgan fingerprint density at radius 1 is 1.12 bits per heavy atom. The van der Waals surface area contributed by atoms with Gasteiger partial charge in [-0.3, -0.25) is 4.79 Å². The van der Waals surface area contributed by atoms with Crippen molar-refractivity contribution in [1.82, 2.24) is 14.8 Å². The van der Waals surface area contributed by atoms with Crippen molar-refractivity contribution in [3.8, 4) is 0 Å². The van der Waals surface area contributed by atoms with Crippen LogP contribution in [0, 0.1) is 6.92 Å². The maximum absolute atomic E-state index is 13.0. The number of nitrogens with zero attached hydrogens (tertiary/aromatic N) is 4. The Hall–Kier alpha value is -3.65. The lowest BCUT2D eigenvalue weighted by Crippen LogP contribution is -2.41. The first-order valence-corrected chi connectivity index (χ1v) is 10.9. The molecule has 0 unspecified atom stereocenters. The second-order valence-electron chi connectivity index (χ2n) is 7.58. The number of carbonyl (C=O) groups is 2. The number of benzene rings is 2. The number of allylic oxidation sites excluding steroid dienone is 1. The van der Waals surface area contributed by atoms with E-state index >= 15 is 0 Å². The molecule has 0 radical (unpaired) electrons. The molecule has 0 bridgehead atoms. The summed E-state index contributed by atoms with van der Waals surface area (Å²) in [6, 6.07) is 14.4. The minimum atomic E-state index is -0.516. The Balaban J connectivity index is 1.72. The van der Waals surface area contributed by atoms with Gasteiger partial charge in [0.25, 0.3) is 0 Å². The third-order valence-corrected chi connectivity index (χ3v) is 5.97. The summed E-state index contributed by atoms with van der Waals surface area (Å²) in [4.78, 5) is 32.1. The summed E-state index contributed by atoms with van der Waals surface area (Å²) < 4.78 is 7.02. The van der Waals surface area contributed by atoms with E-state index in [9.17, 15) is 9.59 Å². The molecule has 1 aromatic heterocycles. The molecule has 0 fully saturated rings. The average Bonchev–Trinajstić information content (AvgIpc) is 3.28. The Labute approximate surface area is 196 Å². The summed E-state index contributed by atoms with van der Waals surface area (Å²) in [5, 5.41) is 7.84. The van der Waals surface area contributed by atoms with Gasteiger partial charge in [0.1, 0.15) is 18.9 Å². The number of ether oxygens (including phenoxy) is 1. The summed E-state index contributed by atoms with van der Waals surface area (Å²) in [5.41, 5.74) is 3.26. The number of esters is 1. The van der Waals surface area contributed by atoms with Crippen molar-refractivity contribution in [1.29, 1.82) is 0 Å². The standard InChI is InChI=1S/C24H24ClN5O3/c1-4-33-23(32)21-16(3)29(13-20(31)28-19-12-8-11-18(25)15(19)2)24-26-14-27-30(24)22(21)17-9-6-5-7-10-17/h5-12,14,22H,4,13H2,1-3H3,(H,28,31)/t22-/m0/s1. The highest BCUT2D eigenvalue weighted by Crippen LogP contribution is 2.38. The van der Waals surface area contributed by atoms with E-state index in [2.05, 4.69) is 15.4 Å². The number of nitrogens with one attached hydrogen (secondary N) is 1. The van der Waals surface area contributed by atoms with Crippen LogP contribution in [0.5, 0.6) is 0 Å².